The number of ether oxygens (including phenoxy) is 3. The highest BCUT2D eigenvalue weighted by Crippen LogP contribution is 2.26. The lowest BCUT2D eigenvalue weighted by Gasteiger charge is -2.09. The predicted octanol–water partition coefficient (Wildman–Crippen LogP) is 3.95. The van der Waals surface area contributed by atoms with E-state index in [-0.39, 0.29) is 11.9 Å². The zero-order valence-electron chi connectivity index (χ0n) is 18.3. The van der Waals surface area contributed by atoms with Gasteiger partial charge in [-0.1, -0.05) is 13.8 Å². The molecule has 3 rings (SSSR count). The second kappa shape index (κ2) is 10.6. The molecule has 2 aromatic carbocycles. The van der Waals surface area contributed by atoms with Crippen molar-refractivity contribution in [3.63, 3.8) is 0 Å². The minimum Gasteiger partial charge on any atom is -0.497 e. The third kappa shape index (κ3) is 6.05. The number of rotatable bonds is 10. The second-order valence-electron chi connectivity index (χ2n) is 7.39. The first kappa shape index (κ1) is 22.3. The van der Waals surface area contributed by atoms with Gasteiger partial charge in [0.1, 0.15) is 12.4 Å². The molecule has 0 aliphatic carbocycles. The number of hydrogen-bond donors (Lipinski definition) is 1. The third-order valence-corrected chi connectivity index (χ3v) is 4.44. The highest BCUT2D eigenvalue weighted by Gasteiger charge is 2.15. The summed E-state index contributed by atoms with van der Waals surface area (Å²) in [7, 11) is 3.24. The van der Waals surface area contributed by atoms with Gasteiger partial charge >= 0.3 is 6.01 Å². The van der Waals surface area contributed by atoms with Crippen LogP contribution in [0.15, 0.2) is 48.5 Å². The molecule has 3 aromatic rings. The van der Waals surface area contributed by atoms with E-state index in [2.05, 4.69) is 15.4 Å². The van der Waals surface area contributed by atoms with Gasteiger partial charge in [0.2, 0.25) is 5.91 Å². The summed E-state index contributed by atoms with van der Waals surface area (Å²) in [6.45, 7) is 4.82. The van der Waals surface area contributed by atoms with E-state index in [0.29, 0.717) is 31.4 Å². The first-order chi connectivity index (χ1) is 15.0. The molecule has 0 aliphatic rings. The molecule has 0 saturated heterocycles. The van der Waals surface area contributed by atoms with Crippen LogP contribution in [0.2, 0.25) is 0 Å². The molecule has 1 amide bonds. The lowest BCUT2D eigenvalue weighted by molar-refractivity contribution is -0.116. The summed E-state index contributed by atoms with van der Waals surface area (Å²) >= 11 is 0. The highest BCUT2D eigenvalue weighted by atomic mass is 16.5. The van der Waals surface area contributed by atoms with Crippen molar-refractivity contribution in [3.8, 4) is 28.8 Å². The van der Waals surface area contributed by atoms with Crippen LogP contribution in [0.4, 0.5) is 5.69 Å². The maximum absolute atomic E-state index is 12.0. The van der Waals surface area contributed by atoms with Crippen LogP contribution in [-0.2, 0) is 9.53 Å². The van der Waals surface area contributed by atoms with Gasteiger partial charge in [-0.2, -0.15) is 4.98 Å². The molecule has 1 heterocycles. The molecule has 0 saturated carbocycles. The minimum absolute atomic E-state index is 0.00347. The second-order valence-corrected chi connectivity index (χ2v) is 7.39. The summed E-state index contributed by atoms with van der Waals surface area (Å²) in [5, 5.41) is 7.42. The van der Waals surface area contributed by atoms with Crippen molar-refractivity contribution in [2.24, 2.45) is 5.92 Å². The monoisotopic (exact) mass is 424 g/mol. The van der Waals surface area contributed by atoms with Gasteiger partial charge < -0.3 is 19.5 Å². The fourth-order valence-corrected chi connectivity index (χ4v) is 2.95. The number of benzene rings is 2. The highest BCUT2D eigenvalue weighted by molar-refractivity contribution is 5.90. The number of nitrogens with one attached hydrogen (secondary N) is 1. The molecular formula is C23H28N4O4. The first-order valence-electron chi connectivity index (χ1n) is 10.1. The van der Waals surface area contributed by atoms with Crippen molar-refractivity contribution in [1.82, 2.24) is 14.8 Å². The van der Waals surface area contributed by atoms with Gasteiger partial charge in [-0.15, -0.1) is 5.10 Å². The Morgan fingerprint density at radius 3 is 2.35 bits per heavy atom. The van der Waals surface area contributed by atoms with Crippen LogP contribution in [0.1, 0.15) is 20.3 Å². The Kier molecular flexibility index (Phi) is 7.61. The first-order valence-corrected chi connectivity index (χ1v) is 10.1. The van der Waals surface area contributed by atoms with E-state index in [0.717, 1.165) is 22.7 Å². The van der Waals surface area contributed by atoms with Crippen LogP contribution in [0, 0.1) is 5.92 Å². The third-order valence-electron chi connectivity index (χ3n) is 4.44. The fourth-order valence-electron chi connectivity index (χ4n) is 2.95. The van der Waals surface area contributed by atoms with Crippen molar-refractivity contribution in [2.45, 2.75) is 20.3 Å². The lowest BCUT2D eigenvalue weighted by Crippen LogP contribution is -2.13. The van der Waals surface area contributed by atoms with Crippen LogP contribution in [0.25, 0.3) is 17.1 Å². The standard InChI is InChI=1S/C23H28N4O4/c1-16(2)15-21(28)24-18-7-9-19(10-8-18)27-22(17-5-11-20(30-4)12-6-17)25-23(26-27)31-14-13-29-3/h5-12,16H,13-15H2,1-4H3,(H,24,28). The van der Waals surface area contributed by atoms with Crippen LogP contribution in [0.5, 0.6) is 11.8 Å². The molecule has 0 bridgehead atoms. The van der Waals surface area contributed by atoms with E-state index < -0.39 is 0 Å². The van der Waals surface area contributed by atoms with Crippen molar-refractivity contribution in [2.75, 3.05) is 32.8 Å². The van der Waals surface area contributed by atoms with Crippen LogP contribution in [0.3, 0.4) is 0 Å². The number of nitrogens with zero attached hydrogens (tertiary/aromatic N) is 3. The maximum atomic E-state index is 12.0. The predicted molar refractivity (Wildman–Crippen MR) is 119 cm³/mol. The lowest BCUT2D eigenvalue weighted by atomic mass is 10.1. The van der Waals surface area contributed by atoms with Gasteiger partial charge in [0, 0.05) is 24.8 Å². The van der Waals surface area contributed by atoms with E-state index in [1.165, 1.54) is 0 Å². The molecule has 0 fully saturated rings. The normalized spacial score (nSPS) is 10.9. The zero-order chi connectivity index (χ0) is 22.2. The molecule has 1 aromatic heterocycles. The fraction of sp³-hybridized carbons (Fsp3) is 0.348. The van der Waals surface area contributed by atoms with E-state index in [9.17, 15) is 4.79 Å². The van der Waals surface area contributed by atoms with Gasteiger partial charge in [0.25, 0.3) is 0 Å². The summed E-state index contributed by atoms with van der Waals surface area (Å²) in [5.74, 6) is 1.69. The van der Waals surface area contributed by atoms with Gasteiger partial charge in [0.05, 0.1) is 19.4 Å². The van der Waals surface area contributed by atoms with Crippen molar-refractivity contribution >= 4 is 11.6 Å². The summed E-state index contributed by atoms with van der Waals surface area (Å²) in [6, 6.07) is 15.3. The number of amides is 1. The van der Waals surface area contributed by atoms with Gasteiger partial charge in [0.15, 0.2) is 5.82 Å². The Hall–Kier alpha value is -3.39. The van der Waals surface area contributed by atoms with Crippen molar-refractivity contribution in [1.29, 1.82) is 0 Å². The molecule has 8 heteroatoms. The van der Waals surface area contributed by atoms with E-state index in [4.69, 9.17) is 14.2 Å². The molecule has 8 nitrogen and oxygen atoms in total. The largest absolute Gasteiger partial charge is 0.497 e. The molecule has 31 heavy (non-hydrogen) atoms. The number of hydrogen-bond acceptors (Lipinski definition) is 6. The molecule has 0 aliphatic heterocycles. The minimum atomic E-state index is -0.00347. The number of carbonyl (C=O) groups excluding carboxylic acids is 1. The molecule has 0 spiro atoms. The van der Waals surface area contributed by atoms with E-state index in [1.54, 1.807) is 18.9 Å². The Morgan fingerprint density at radius 2 is 1.74 bits per heavy atom. The number of aromatic nitrogens is 3. The molecule has 0 atom stereocenters. The average Bonchev–Trinajstić information content (AvgIpc) is 3.18. The van der Waals surface area contributed by atoms with Crippen LogP contribution in [-0.4, -0.2) is 48.1 Å². The maximum Gasteiger partial charge on any atom is 0.336 e. The summed E-state index contributed by atoms with van der Waals surface area (Å²) in [4.78, 5) is 16.6. The zero-order valence-corrected chi connectivity index (χ0v) is 18.3. The average molecular weight is 425 g/mol. The number of methoxy groups -OCH3 is 2. The molecule has 0 unspecified atom stereocenters. The van der Waals surface area contributed by atoms with Crippen LogP contribution >= 0.6 is 0 Å². The summed E-state index contributed by atoms with van der Waals surface area (Å²) in [5.41, 5.74) is 2.39. The quantitative estimate of drug-likeness (QED) is 0.496. The molecule has 0 radical (unpaired) electrons. The molecule has 1 N–H and O–H groups in total. The number of anilines is 1. The summed E-state index contributed by atoms with van der Waals surface area (Å²) < 4.78 is 17.6. The van der Waals surface area contributed by atoms with E-state index in [1.807, 2.05) is 62.4 Å². The smallest absolute Gasteiger partial charge is 0.336 e. The molecule has 164 valence electrons. The topological polar surface area (TPSA) is 87.5 Å². The van der Waals surface area contributed by atoms with Gasteiger partial charge in [-0.3, -0.25) is 4.79 Å². The summed E-state index contributed by atoms with van der Waals surface area (Å²) in [6.07, 6.45) is 0.481. The Bertz CT molecular complexity index is 982. The van der Waals surface area contributed by atoms with Crippen LogP contribution < -0.4 is 14.8 Å². The Morgan fingerprint density at radius 1 is 1.03 bits per heavy atom. The Balaban J connectivity index is 1.88. The van der Waals surface area contributed by atoms with Crippen molar-refractivity contribution in [3.05, 3.63) is 48.5 Å². The van der Waals surface area contributed by atoms with Gasteiger partial charge in [-0.25, -0.2) is 4.68 Å². The van der Waals surface area contributed by atoms with Gasteiger partial charge in [-0.05, 0) is 54.4 Å². The van der Waals surface area contributed by atoms with E-state index >= 15 is 0 Å². The SMILES string of the molecule is COCCOc1nc(-c2ccc(OC)cc2)n(-c2ccc(NC(=O)CC(C)C)cc2)n1. The number of carbonyl (C=O) groups is 1. The van der Waals surface area contributed by atoms with Crippen molar-refractivity contribution < 1.29 is 19.0 Å². The molecular weight excluding hydrogens is 396 g/mol. The Labute approximate surface area is 182 Å².